The van der Waals surface area contributed by atoms with Gasteiger partial charge in [-0.15, -0.1) is 0 Å². The zero-order chi connectivity index (χ0) is 12.7. The third-order valence-electron chi connectivity index (χ3n) is 3.94. The van der Waals surface area contributed by atoms with E-state index in [0.29, 0.717) is 11.3 Å². The molecule has 1 amide bonds. The molecule has 2 nitrogen and oxygen atoms in total. The summed E-state index contributed by atoms with van der Waals surface area (Å²) in [6.45, 7) is 8.78. The number of amides is 1. The number of hydrogen-bond acceptors (Lipinski definition) is 1. The first-order chi connectivity index (χ1) is 8.05. The highest BCUT2D eigenvalue weighted by Gasteiger charge is 2.22. The monoisotopic (exact) mass is 239 g/mol. The SMILES string of the molecule is CCCCC(=O)N1CCCCCC(C)(C)CC1. The molecule has 0 bridgehead atoms. The molecule has 0 aromatic carbocycles. The van der Waals surface area contributed by atoms with E-state index in [2.05, 4.69) is 25.7 Å². The minimum absolute atomic E-state index is 0.379. The van der Waals surface area contributed by atoms with Crippen LogP contribution in [0.2, 0.25) is 0 Å². The highest BCUT2D eigenvalue weighted by molar-refractivity contribution is 5.76. The lowest BCUT2D eigenvalue weighted by molar-refractivity contribution is -0.131. The van der Waals surface area contributed by atoms with Gasteiger partial charge in [0.2, 0.25) is 5.91 Å². The first-order valence-corrected chi connectivity index (χ1v) is 7.33. The molecule has 2 heteroatoms. The number of hydrogen-bond donors (Lipinski definition) is 0. The van der Waals surface area contributed by atoms with Crippen LogP contribution >= 0.6 is 0 Å². The fourth-order valence-corrected chi connectivity index (χ4v) is 2.49. The summed E-state index contributed by atoms with van der Waals surface area (Å²) in [5, 5.41) is 0. The molecule has 0 N–H and O–H groups in total. The molecule has 0 aromatic heterocycles. The van der Waals surface area contributed by atoms with Crippen LogP contribution in [0.3, 0.4) is 0 Å². The molecule has 1 fully saturated rings. The standard InChI is InChI=1S/C15H29NO/c1-4-5-9-14(17)16-12-8-6-7-10-15(2,3)11-13-16/h4-13H2,1-3H3. The zero-order valence-electron chi connectivity index (χ0n) is 11.9. The third kappa shape index (κ3) is 5.56. The Labute approximate surface area is 107 Å². The van der Waals surface area contributed by atoms with Crippen molar-refractivity contribution in [2.24, 2.45) is 5.41 Å². The molecular weight excluding hydrogens is 210 g/mol. The number of carbonyl (C=O) groups excluding carboxylic acids is 1. The van der Waals surface area contributed by atoms with Crippen LogP contribution in [-0.2, 0) is 4.79 Å². The van der Waals surface area contributed by atoms with Gasteiger partial charge in [0, 0.05) is 19.5 Å². The molecule has 1 aliphatic heterocycles. The topological polar surface area (TPSA) is 20.3 Å². The molecule has 0 unspecified atom stereocenters. The van der Waals surface area contributed by atoms with Gasteiger partial charge in [-0.1, -0.05) is 40.0 Å². The summed E-state index contributed by atoms with van der Waals surface area (Å²) in [5.41, 5.74) is 0.410. The van der Waals surface area contributed by atoms with Gasteiger partial charge >= 0.3 is 0 Å². The van der Waals surface area contributed by atoms with Crippen molar-refractivity contribution in [1.82, 2.24) is 4.90 Å². The van der Waals surface area contributed by atoms with Crippen LogP contribution in [0.15, 0.2) is 0 Å². The first kappa shape index (κ1) is 14.5. The molecule has 0 radical (unpaired) electrons. The molecular formula is C15H29NO. The van der Waals surface area contributed by atoms with E-state index in [0.717, 1.165) is 38.8 Å². The van der Waals surface area contributed by atoms with Crippen molar-refractivity contribution >= 4 is 5.91 Å². The Balaban J connectivity index is 2.49. The second-order valence-electron chi connectivity index (χ2n) is 6.21. The molecule has 0 saturated carbocycles. The lowest BCUT2D eigenvalue weighted by Crippen LogP contribution is -2.34. The second kappa shape index (κ2) is 7.03. The highest BCUT2D eigenvalue weighted by Crippen LogP contribution is 2.29. The van der Waals surface area contributed by atoms with E-state index < -0.39 is 0 Å². The smallest absolute Gasteiger partial charge is 0.222 e. The van der Waals surface area contributed by atoms with Crippen LogP contribution in [0.25, 0.3) is 0 Å². The maximum atomic E-state index is 12.1. The molecule has 0 atom stereocenters. The molecule has 0 aliphatic carbocycles. The van der Waals surface area contributed by atoms with Crippen LogP contribution in [0, 0.1) is 5.41 Å². The van der Waals surface area contributed by atoms with Crippen molar-refractivity contribution in [3.63, 3.8) is 0 Å². The van der Waals surface area contributed by atoms with Gasteiger partial charge in [-0.3, -0.25) is 4.79 Å². The molecule has 1 heterocycles. The van der Waals surface area contributed by atoms with Crippen molar-refractivity contribution in [2.75, 3.05) is 13.1 Å². The van der Waals surface area contributed by atoms with Gasteiger partial charge in [-0.25, -0.2) is 0 Å². The Morgan fingerprint density at radius 3 is 2.59 bits per heavy atom. The molecule has 1 rings (SSSR count). The van der Waals surface area contributed by atoms with E-state index in [4.69, 9.17) is 0 Å². The predicted molar refractivity (Wildman–Crippen MR) is 73.0 cm³/mol. The Bertz CT molecular complexity index is 235. The summed E-state index contributed by atoms with van der Waals surface area (Å²) in [7, 11) is 0. The van der Waals surface area contributed by atoms with E-state index in [-0.39, 0.29) is 0 Å². The van der Waals surface area contributed by atoms with E-state index >= 15 is 0 Å². The van der Waals surface area contributed by atoms with Crippen molar-refractivity contribution in [3.05, 3.63) is 0 Å². The lowest BCUT2D eigenvalue weighted by Gasteiger charge is -2.28. The fraction of sp³-hybridized carbons (Fsp3) is 0.933. The Hall–Kier alpha value is -0.530. The second-order valence-corrected chi connectivity index (χ2v) is 6.21. The fourth-order valence-electron chi connectivity index (χ4n) is 2.49. The van der Waals surface area contributed by atoms with Crippen molar-refractivity contribution in [3.8, 4) is 0 Å². The van der Waals surface area contributed by atoms with Crippen LogP contribution in [0.5, 0.6) is 0 Å². The summed E-state index contributed by atoms with van der Waals surface area (Å²) >= 11 is 0. The molecule has 1 aliphatic rings. The average molecular weight is 239 g/mol. The maximum absolute atomic E-state index is 12.1. The maximum Gasteiger partial charge on any atom is 0.222 e. The van der Waals surface area contributed by atoms with Crippen LogP contribution in [-0.4, -0.2) is 23.9 Å². The summed E-state index contributed by atoms with van der Waals surface area (Å²) in [5.74, 6) is 0.379. The van der Waals surface area contributed by atoms with Gasteiger partial charge in [0.25, 0.3) is 0 Å². The predicted octanol–water partition coefficient (Wildman–Crippen LogP) is 4.00. The van der Waals surface area contributed by atoms with Gasteiger partial charge < -0.3 is 4.90 Å². The number of nitrogens with zero attached hydrogens (tertiary/aromatic N) is 1. The zero-order valence-corrected chi connectivity index (χ0v) is 11.9. The number of rotatable bonds is 3. The normalized spacial score (nSPS) is 21.5. The summed E-state index contributed by atoms with van der Waals surface area (Å²) in [4.78, 5) is 14.2. The van der Waals surface area contributed by atoms with E-state index in [1.807, 2.05) is 0 Å². The van der Waals surface area contributed by atoms with Gasteiger partial charge in [-0.05, 0) is 31.1 Å². The Morgan fingerprint density at radius 2 is 1.88 bits per heavy atom. The summed E-state index contributed by atoms with van der Waals surface area (Å²) in [6, 6.07) is 0. The third-order valence-corrected chi connectivity index (χ3v) is 3.94. The summed E-state index contributed by atoms with van der Waals surface area (Å²) < 4.78 is 0. The summed E-state index contributed by atoms with van der Waals surface area (Å²) in [6.07, 6.45) is 9.16. The molecule has 17 heavy (non-hydrogen) atoms. The molecule has 100 valence electrons. The van der Waals surface area contributed by atoms with Gasteiger partial charge in [0.15, 0.2) is 0 Å². The number of carbonyl (C=O) groups is 1. The van der Waals surface area contributed by atoms with Crippen molar-refractivity contribution in [2.45, 2.75) is 72.1 Å². The molecule has 0 aromatic rings. The van der Waals surface area contributed by atoms with Gasteiger partial charge in [-0.2, -0.15) is 0 Å². The van der Waals surface area contributed by atoms with Crippen molar-refractivity contribution in [1.29, 1.82) is 0 Å². The molecule has 0 spiro atoms. The Kier molecular flexibility index (Phi) is 6.01. The highest BCUT2D eigenvalue weighted by atomic mass is 16.2. The van der Waals surface area contributed by atoms with Crippen LogP contribution in [0.4, 0.5) is 0 Å². The van der Waals surface area contributed by atoms with E-state index in [1.54, 1.807) is 0 Å². The largest absolute Gasteiger partial charge is 0.343 e. The average Bonchev–Trinajstić information content (AvgIpc) is 2.36. The quantitative estimate of drug-likeness (QED) is 0.729. The van der Waals surface area contributed by atoms with Crippen molar-refractivity contribution < 1.29 is 4.79 Å². The molecule has 1 saturated heterocycles. The minimum atomic E-state index is 0.379. The lowest BCUT2D eigenvalue weighted by atomic mass is 9.84. The van der Waals surface area contributed by atoms with E-state index in [1.165, 1.54) is 25.7 Å². The Morgan fingerprint density at radius 1 is 1.12 bits per heavy atom. The van der Waals surface area contributed by atoms with Crippen LogP contribution in [0.1, 0.15) is 72.1 Å². The van der Waals surface area contributed by atoms with E-state index in [9.17, 15) is 4.79 Å². The van der Waals surface area contributed by atoms with Crippen LogP contribution < -0.4 is 0 Å². The van der Waals surface area contributed by atoms with Gasteiger partial charge in [0.05, 0.1) is 0 Å². The minimum Gasteiger partial charge on any atom is -0.343 e. The number of unbranched alkanes of at least 4 members (excludes halogenated alkanes) is 1. The van der Waals surface area contributed by atoms with Gasteiger partial charge in [0.1, 0.15) is 0 Å². The first-order valence-electron chi connectivity index (χ1n) is 7.33.